The lowest BCUT2D eigenvalue weighted by atomic mass is 9.95. The highest BCUT2D eigenvalue weighted by molar-refractivity contribution is 5.80. The van der Waals surface area contributed by atoms with Gasteiger partial charge in [0, 0.05) is 31.0 Å². The van der Waals surface area contributed by atoms with E-state index in [0.29, 0.717) is 6.54 Å². The van der Waals surface area contributed by atoms with Crippen molar-refractivity contribution in [2.45, 2.75) is 45.2 Å². The Bertz CT molecular complexity index is 1090. The molecule has 0 aliphatic carbocycles. The molecule has 3 aromatic rings. The van der Waals surface area contributed by atoms with Crippen molar-refractivity contribution in [1.29, 1.82) is 0 Å². The van der Waals surface area contributed by atoms with E-state index < -0.39 is 0 Å². The van der Waals surface area contributed by atoms with Crippen LogP contribution in [-0.4, -0.2) is 43.5 Å². The lowest BCUT2D eigenvalue weighted by Gasteiger charge is -2.36. The average Bonchev–Trinajstić information content (AvgIpc) is 3.26. The van der Waals surface area contributed by atoms with Gasteiger partial charge in [-0.1, -0.05) is 12.1 Å². The monoisotopic (exact) mass is 421 g/mol. The van der Waals surface area contributed by atoms with Crippen molar-refractivity contribution in [3.8, 4) is 11.3 Å². The fourth-order valence-electron chi connectivity index (χ4n) is 4.30. The van der Waals surface area contributed by atoms with Gasteiger partial charge >= 0.3 is 0 Å². The van der Waals surface area contributed by atoms with Gasteiger partial charge in [0.05, 0.1) is 30.0 Å². The average molecular weight is 422 g/mol. The zero-order valence-corrected chi connectivity index (χ0v) is 18.4. The molecule has 31 heavy (non-hydrogen) atoms. The number of anilines is 1. The van der Waals surface area contributed by atoms with E-state index in [-0.39, 0.29) is 29.7 Å². The largest absolute Gasteiger partial charge is 0.365 e. The molecule has 0 radical (unpaired) electrons. The minimum absolute atomic E-state index is 0.0514. The van der Waals surface area contributed by atoms with Crippen LogP contribution in [0.1, 0.15) is 31.5 Å². The van der Waals surface area contributed by atoms with Gasteiger partial charge in [-0.2, -0.15) is 0 Å². The number of benzene rings is 1. The second kappa shape index (κ2) is 8.13. The molecule has 1 aliphatic rings. The summed E-state index contributed by atoms with van der Waals surface area (Å²) in [6.45, 7) is 6.81. The molecule has 2 aromatic heterocycles. The highest BCUT2D eigenvalue weighted by Gasteiger charge is 2.43. The molecular weight excluding hydrogens is 393 g/mol. The number of carbonyl (C=O) groups excluding carboxylic acids is 1. The number of aryl methyl sites for hydroxylation is 2. The lowest BCUT2D eigenvalue weighted by molar-refractivity contribution is -0.133. The summed E-state index contributed by atoms with van der Waals surface area (Å²) in [6, 6.07) is 10.2. The summed E-state index contributed by atoms with van der Waals surface area (Å²) >= 11 is 0. The molecule has 0 spiro atoms. The Labute approximate surface area is 182 Å². The number of hydrogen-bond donors (Lipinski definition) is 1. The Morgan fingerprint density at radius 3 is 2.61 bits per heavy atom. The molecule has 0 unspecified atom stereocenters. The third-order valence-corrected chi connectivity index (χ3v) is 6.15. The van der Waals surface area contributed by atoms with Gasteiger partial charge in [0.2, 0.25) is 5.91 Å². The van der Waals surface area contributed by atoms with E-state index in [2.05, 4.69) is 24.1 Å². The summed E-state index contributed by atoms with van der Waals surface area (Å²) in [5, 5.41) is 3.53. The molecule has 4 rings (SSSR count). The van der Waals surface area contributed by atoms with Crippen LogP contribution in [-0.2, 0) is 18.3 Å². The SMILES string of the molecule is Cc1nc(N[C@H]2CCN(C(=O)Cc3ccc(F)cc3)C2(C)C)ccc1-c1cn(C)cn1. The number of likely N-dealkylation sites (tertiary alicyclic amines) is 1. The minimum atomic E-state index is -0.369. The second-order valence-electron chi connectivity index (χ2n) is 8.74. The van der Waals surface area contributed by atoms with Gasteiger partial charge in [0.15, 0.2) is 0 Å². The molecule has 0 bridgehead atoms. The summed E-state index contributed by atoms with van der Waals surface area (Å²) < 4.78 is 15.1. The second-order valence-corrected chi connectivity index (χ2v) is 8.74. The quantitative estimate of drug-likeness (QED) is 0.677. The van der Waals surface area contributed by atoms with E-state index in [1.165, 1.54) is 12.1 Å². The highest BCUT2D eigenvalue weighted by atomic mass is 19.1. The Morgan fingerprint density at radius 1 is 1.23 bits per heavy atom. The van der Waals surface area contributed by atoms with Crippen LogP contribution in [0, 0.1) is 12.7 Å². The standard InChI is InChI=1S/C24H28FN5O/c1-16-19(20-14-29(4)15-26-20)9-10-22(27-16)28-21-11-12-30(24(21,2)3)23(31)13-17-5-7-18(25)8-6-17/h5-10,14-15,21H,11-13H2,1-4H3,(H,27,28)/t21-/m0/s1. The third kappa shape index (κ3) is 4.31. The molecular formula is C24H28FN5O. The number of nitrogens with zero attached hydrogens (tertiary/aromatic N) is 4. The number of halogens is 1. The molecule has 1 saturated heterocycles. The number of rotatable bonds is 5. The van der Waals surface area contributed by atoms with Crippen LogP contribution in [0.15, 0.2) is 48.9 Å². The molecule has 7 heteroatoms. The Kier molecular flexibility index (Phi) is 5.52. The molecule has 1 aromatic carbocycles. The Balaban J connectivity index is 1.45. The van der Waals surface area contributed by atoms with Crippen molar-refractivity contribution in [2.75, 3.05) is 11.9 Å². The van der Waals surface area contributed by atoms with Crippen molar-refractivity contribution in [3.63, 3.8) is 0 Å². The van der Waals surface area contributed by atoms with E-state index in [9.17, 15) is 9.18 Å². The van der Waals surface area contributed by atoms with E-state index in [0.717, 1.165) is 34.8 Å². The molecule has 1 atom stereocenters. The maximum atomic E-state index is 13.1. The first-order valence-corrected chi connectivity index (χ1v) is 10.5. The van der Waals surface area contributed by atoms with E-state index in [1.807, 2.05) is 41.8 Å². The topological polar surface area (TPSA) is 63.1 Å². The molecule has 0 saturated carbocycles. The molecule has 3 heterocycles. The molecule has 162 valence electrons. The summed E-state index contributed by atoms with van der Waals surface area (Å²) in [7, 11) is 1.94. The fraction of sp³-hybridized carbons (Fsp3) is 0.375. The Hall–Kier alpha value is -3.22. The zero-order valence-electron chi connectivity index (χ0n) is 18.4. The van der Waals surface area contributed by atoms with Crippen molar-refractivity contribution in [2.24, 2.45) is 7.05 Å². The van der Waals surface area contributed by atoms with Gasteiger partial charge in [-0.05, 0) is 57.0 Å². The van der Waals surface area contributed by atoms with Gasteiger partial charge in [-0.3, -0.25) is 4.79 Å². The maximum absolute atomic E-state index is 13.1. The van der Waals surface area contributed by atoms with E-state index in [1.54, 1.807) is 18.5 Å². The van der Waals surface area contributed by atoms with Gasteiger partial charge in [0.1, 0.15) is 11.6 Å². The Morgan fingerprint density at radius 2 is 1.97 bits per heavy atom. The minimum Gasteiger partial charge on any atom is -0.365 e. The van der Waals surface area contributed by atoms with Crippen LogP contribution in [0.5, 0.6) is 0 Å². The van der Waals surface area contributed by atoms with Crippen LogP contribution in [0.2, 0.25) is 0 Å². The van der Waals surface area contributed by atoms with Crippen molar-refractivity contribution in [1.82, 2.24) is 19.4 Å². The van der Waals surface area contributed by atoms with E-state index >= 15 is 0 Å². The zero-order chi connectivity index (χ0) is 22.2. The molecule has 1 N–H and O–H groups in total. The first-order chi connectivity index (χ1) is 14.7. The van der Waals surface area contributed by atoms with Crippen LogP contribution in [0.25, 0.3) is 11.3 Å². The van der Waals surface area contributed by atoms with Gasteiger partial charge < -0.3 is 14.8 Å². The van der Waals surface area contributed by atoms with Crippen molar-refractivity contribution in [3.05, 3.63) is 66.0 Å². The molecule has 1 aliphatic heterocycles. The van der Waals surface area contributed by atoms with Crippen LogP contribution in [0.4, 0.5) is 10.2 Å². The number of nitrogens with one attached hydrogen (secondary N) is 1. The lowest BCUT2D eigenvalue weighted by Crippen LogP contribution is -2.51. The summed E-state index contributed by atoms with van der Waals surface area (Å²) in [5.41, 5.74) is 3.27. The van der Waals surface area contributed by atoms with Gasteiger partial charge in [-0.15, -0.1) is 0 Å². The van der Waals surface area contributed by atoms with Gasteiger partial charge in [0.25, 0.3) is 0 Å². The molecule has 6 nitrogen and oxygen atoms in total. The number of carbonyl (C=O) groups is 1. The number of aromatic nitrogens is 3. The first-order valence-electron chi connectivity index (χ1n) is 10.5. The number of imidazole rings is 1. The smallest absolute Gasteiger partial charge is 0.227 e. The number of pyridine rings is 1. The summed E-state index contributed by atoms with van der Waals surface area (Å²) in [6.07, 6.45) is 4.86. The van der Waals surface area contributed by atoms with Crippen LogP contribution >= 0.6 is 0 Å². The first kappa shape index (κ1) is 21.0. The fourth-order valence-corrected chi connectivity index (χ4v) is 4.30. The van der Waals surface area contributed by atoms with E-state index in [4.69, 9.17) is 4.98 Å². The maximum Gasteiger partial charge on any atom is 0.227 e. The van der Waals surface area contributed by atoms with Crippen molar-refractivity contribution < 1.29 is 9.18 Å². The van der Waals surface area contributed by atoms with Crippen LogP contribution < -0.4 is 5.32 Å². The number of amides is 1. The molecule has 1 amide bonds. The van der Waals surface area contributed by atoms with Crippen molar-refractivity contribution >= 4 is 11.7 Å². The van der Waals surface area contributed by atoms with Crippen LogP contribution in [0.3, 0.4) is 0 Å². The highest BCUT2D eigenvalue weighted by Crippen LogP contribution is 2.32. The van der Waals surface area contributed by atoms with Gasteiger partial charge in [-0.25, -0.2) is 14.4 Å². The normalized spacial score (nSPS) is 17.7. The third-order valence-electron chi connectivity index (χ3n) is 6.15. The predicted molar refractivity (Wildman–Crippen MR) is 119 cm³/mol. The predicted octanol–water partition coefficient (Wildman–Crippen LogP) is 3.96. The summed E-state index contributed by atoms with van der Waals surface area (Å²) in [5.74, 6) is 0.553. The number of hydrogen-bond acceptors (Lipinski definition) is 4. The summed E-state index contributed by atoms with van der Waals surface area (Å²) in [4.78, 5) is 24.0. The molecule has 1 fully saturated rings.